The zero-order valence-electron chi connectivity index (χ0n) is 25.4. The molecule has 1 aromatic heterocycles. The number of fused-ring (bicyclic) bond motifs is 1. The highest BCUT2D eigenvalue weighted by Crippen LogP contribution is 2.40. The number of pyridine rings is 1. The molecule has 3 N–H and O–H groups in total. The van der Waals surface area contributed by atoms with E-state index in [1.807, 2.05) is 31.2 Å². The molecular formula is C34H37FN4O6. The maximum atomic E-state index is 15.1. The third-order valence-corrected chi connectivity index (χ3v) is 7.45. The predicted molar refractivity (Wildman–Crippen MR) is 169 cm³/mol. The van der Waals surface area contributed by atoms with Crippen molar-refractivity contribution in [2.24, 2.45) is 5.92 Å². The summed E-state index contributed by atoms with van der Waals surface area (Å²) in [5, 5.41) is 8.97. The van der Waals surface area contributed by atoms with Gasteiger partial charge in [-0.3, -0.25) is 14.6 Å². The number of piperidine rings is 1. The highest BCUT2D eigenvalue weighted by atomic mass is 19.1. The average molecular weight is 617 g/mol. The van der Waals surface area contributed by atoms with E-state index in [4.69, 9.17) is 18.9 Å². The standard InChI is InChI=1S/C34H37FN4O6/c1-3-43-25-6-4-5-22(19-25)13-17-38-33(40)34(41)39-24-7-9-29(27(35)20-24)45-28-14-18-37-31-26(28)8-10-30(32(31)42-2)44-21-23-11-15-36-16-12-23/h4-10,14,18-20,23,36H,3,11-13,15-17,21H2,1-2H3,(H,38,40)(H,39,41). The van der Waals surface area contributed by atoms with Gasteiger partial charge in [-0.25, -0.2) is 4.39 Å². The molecule has 0 atom stereocenters. The number of anilines is 1. The van der Waals surface area contributed by atoms with Crippen molar-refractivity contribution in [1.29, 1.82) is 0 Å². The maximum absolute atomic E-state index is 15.1. The van der Waals surface area contributed by atoms with Crippen LogP contribution < -0.4 is 34.9 Å². The van der Waals surface area contributed by atoms with Gasteiger partial charge in [0.25, 0.3) is 0 Å². The molecule has 10 nitrogen and oxygen atoms in total. The van der Waals surface area contributed by atoms with Crippen LogP contribution in [0.5, 0.6) is 28.7 Å². The number of nitrogens with zero attached hydrogens (tertiary/aromatic N) is 1. The Morgan fingerprint density at radius 2 is 1.80 bits per heavy atom. The number of carbonyl (C=O) groups excluding carboxylic acids is 2. The average Bonchev–Trinajstić information content (AvgIpc) is 3.05. The first-order chi connectivity index (χ1) is 21.9. The lowest BCUT2D eigenvalue weighted by atomic mass is 9.99. The number of nitrogens with one attached hydrogen (secondary N) is 3. The molecule has 0 aliphatic carbocycles. The first-order valence-corrected chi connectivity index (χ1v) is 15.0. The molecule has 3 aromatic carbocycles. The minimum Gasteiger partial charge on any atom is -0.494 e. The molecule has 4 aromatic rings. The van der Waals surface area contributed by atoms with Crippen molar-refractivity contribution in [2.75, 3.05) is 45.3 Å². The van der Waals surface area contributed by atoms with Crippen LogP contribution in [0, 0.1) is 11.7 Å². The number of benzene rings is 3. The third-order valence-electron chi connectivity index (χ3n) is 7.45. The predicted octanol–water partition coefficient (Wildman–Crippen LogP) is 5.25. The minimum absolute atomic E-state index is 0.0653. The second kappa shape index (κ2) is 15.2. The van der Waals surface area contributed by atoms with E-state index in [0.717, 1.165) is 43.3 Å². The number of amides is 2. The minimum atomic E-state index is -0.906. The first kappa shape index (κ1) is 31.5. The molecular weight excluding hydrogens is 579 g/mol. The molecule has 0 radical (unpaired) electrons. The van der Waals surface area contributed by atoms with Crippen molar-refractivity contribution < 1.29 is 32.9 Å². The fourth-order valence-electron chi connectivity index (χ4n) is 5.13. The molecule has 1 aliphatic rings. The quantitative estimate of drug-likeness (QED) is 0.185. The molecule has 0 bridgehead atoms. The Labute approximate surface area is 261 Å². The fraction of sp³-hybridized carbons (Fsp3) is 0.324. The molecule has 1 saturated heterocycles. The summed E-state index contributed by atoms with van der Waals surface area (Å²) in [6.07, 6.45) is 4.18. The Hall–Kier alpha value is -4.90. The molecule has 2 heterocycles. The SMILES string of the molecule is CCOc1cccc(CCNC(=O)C(=O)Nc2ccc(Oc3ccnc4c(OC)c(OCC5CCNCC5)ccc34)c(F)c2)c1. The van der Waals surface area contributed by atoms with Crippen molar-refractivity contribution in [1.82, 2.24) is 15.6 Å². The van der Waals surface area contributed by atoms with E-state index in [1.54, 1.807) is 31.5 Å². The van der Waals surface area contributed by atoms with Crippen molar-refractivity contribution in [3.05, 3.63) is 78.2 Å². The number of halogens is 1. The van der Waals surface area contributed by atoms with Crippen molar-refractivity contribution in [3.63, 3.8) is 0 Å². The summed E-state index contributed by atoms with van der Waals surface area (Å²) in [5.74, 6) is 0.114. The molecule has 2 amide bonds. The topological polar surface area (TPSA) is 120 Å². The van der Waals surface area contributed by atoms with E-state index < -0.39 is 17.6 Å². The van der Waals surface area contributed by atoms with Gasteiger partial charge in [0.15, 0.2) is 23.1 Å². The van der Waals surface area contributed by atoms with Gasteiger partial charge in [0.2, 0.25) is 0 Å². The number of methoxy groups -OCH3 is 1. The van der Waals surface area contributed by atoms with Crippen LogP contribution >= 0.6 is 0 Å². The monoisotopic (exact) mass is 616 g/mol. The summed E-state index contributed by atoms with van der Waals surface area (Å²) in [6, 6.07) is 16.7. The van der Waals surface area contributed by atoms with Gasteiger partial charge >= 0.3 is 11.8 Å². The fourth-order valence-corrected chi connectivity index (χ4v) is 5.13. The van der Waals surface area contributed by atoms with Crippen LogP contribution in [-0.2, 0) is 16.0 Å². The Bertz CT molecular complexity index is 1640. The lowest BCUT2D eigenvalue weighted by Crippen LogP contribution is -2.36. The van der Waals surface area contributed by atoms with Crippen LogP contribution in [0.2, 0.25) is 0 Å². The van der Waals surface area contributed by atoms with E-state index in [-0.39, 0.29) is 18.0 Å². The van der Waals surface area contributed by atoms with Crippen LogP contribution in [0.15, 0.2) is 66.9 Å². The van der Waals surface area contributed by atoms with Crippen molar-refractivity contribution in [3.8, 4) is 28.7 Å². The summed E-state index contributed by atoms with van der Waals surface area (Å²) in [5.41, 5.74) is 1.59. The van der Waals surface area contributed by atoms with E-state index >= 15 is 4.39 Å². The van der Waals surface area contributed by atoms with Crippen LogP contribution in [-0.4, -0.2) is 56.8 Å². The Kier molecular flexibility index (Phi) is 10.7. The van der Waals surface area contributed by atoms with Crippen LogP contribution in [0.1, 0.15) is 25.3 Å². The van der Waals surface area contributed by atoms with Crippen LogP contribution in [0.3, 0.4) is 0 Å². The number of rotatable bonds is 12. The largest absolute Gasteiger partial charge is 0.494 e. The molecule has 5 rings (SSSR count). The number of hydrogen-bond donors (Lipinski definition) is 3. The smallest absolute Gasteiger partial charge is 0.313 e. The van der Waals surface area contributed by atoms with Crippen LogP contribution in [0.25, 0.3) is 10.9 Å². The molecule has 0 unspecified atom stereocenters. The van der Waals surface area contributed by atoms with Gasteiger partial charge in [0.1, 0.15) is 17.0 Å². The highest BCUT2D eigenvalue weighted by molar-refractivity contribution is 6.39. The lowest BCUT2D eigenvalue weighted by Gasteiger charge is -2.23. The maximum Gasteiger partial charge on any atom is 0.313 e. The highest BCUT2D eigenvalue weighted by Gasteiger charge is 2.19. The second-order valence-electron chi connectivity index (χ2n) is 10.6. The zero-order valence-corrected chi connectivity index (χ0v) is 25.4. The summed E-state index contributed by atoms with van der Waals surface area (Å²) in [7, 11) is 1.55. The molecule has 11 heteroatoms. The summed E-state index contributed by atoms with van der Waals surface area (Å²) in [6.45, 7) is 5.25. The van der Waals surface area contributed by atoms with Gasteiger partial charge < -0.3 is 34.9 Å². The molecule has 0 spiro atoms. The summed E-state index contributed by atoms with van der Waals surface area (Å²) >= 11 is 0. The molecule has 1 fully saturated rings. The summed E-state index contributed by atoms with van der Waals surface area (Å²) in [4.78, 5) is 29.2. The molecule has 236 valence electrons. The first-order valence-electron chi connectivity index (χ1n) is 15.0. The van der Waals surface area contributed by atoms with E-state index in [2.05, 4.69) is 20.9 Å². The molecule has 0 saturated carbocycles. The third kappa shape index (κ3) is 8.18. The Morgan fingerprint density at radius 3 is 2.58 bits per heavy atom. The molecule has 45 heavy (non-hydrogen) atoms. The number of hydrogen-bond acceptors (Lipinski definition) is 8. The van der Waals surface area contributed by atoms with E-state index in [0.29, 0.717) is 53.7 Å². The van der Waals surface area contributed by atoms with Gasteiger partial charge in [-0.1, -0.05) is 12.1 Å². The van der Waals surface area contributed by atoms with Crippen LogP contribution in [0.4, 0.5) is 10.1 Å². The second-order valence-corrected chi connectivity index (χ2v) is 10.6. The normalized spacial score (nSPS) is 13.2. The Morgan fingerprint density at radius 1 is 0.978 bits per heavy atom. The van der Waals surface area contributed by atoms with E-state index in [9.17, 15) is 9.59 Å². The zero-order chi connectivity index (χ0) is 31.6. The van der Waals surface area contributed by atoms with Crippen molar-refractivity contribution in [2.45, 2.75) is 26.2 Å². The van der Waals surface area contributed by atoms with Gasteiger partial charge in [-0.05, 0) is 93.2 Å². The van der Waals surface area contributed by atoms with E-state index in [1.165, 1.54) is 12.1 Å². The summed E-state index contributed by atoms with van der Waals surface area (Å²) < 4.78 is 38.3. The Balaban J connectivity index is 1.19. The van der Waals surface area contributed by atoms with Gasteiger partial charge in [0.05, 0.1) is 20.3 Å². The number of ether oxygens (including phenoxy) is 4. The van der Waals surface area contributed by atoms with Crippen molar-refractivity contribution >= 4 is 28.4 Å². The lowest BCUT2D eigenvalue weighted by molar-refractivity contribution is -0.136. The van der Waals surface area contributed by atoms with Gasteiger partial charge in [-0.2, -0.15) is 0 Å². The molecule has 1 aliphatic heterocycles. The van der Waals surface area contributed by atoms with Gasteiger partial charge in [0, 0.05) is 29.9 Å². The number of aromatic nitrogens is 1. The number of carbonyl (C=O) groups is 2. The van der Waals surface area contributed by atoms with Gasteiger partial charge in [-0.15, -0.1) is 0 Å².